The SMILES string of the molecule is COc1ccccc1OCCNC(=O)c1ccc2c(c1)CN(Cc1ccccc1)C(=O)CO2. The molecule has 0 unspecified atom stereocenters. The van der Waals surface area contributed by atoms with E-state index in [2.05, 4.69) is 5.32 Å². The highest BCUT2D eigenvalue weighted by atomic mass is 16.5. The van der Waals surface area contributed by atoms with Crippen molar-refractivity contribution in [2.24, 2.45) is 0 Å². The molecule has 0 saturated heterocycles. The molecular weight excluding hydrogens is 420 g/mol. The minimum absolute atomic E-state index is 0.0222. The molecule has 1 aliphatic rings. The fourth-order valence-corrected chi connectivity index (χ4v) is 3.62. The number of carbonyl (C=O) groups is 2. The Balaban J connectivity index is 1.37. The molecule has 0 radical (unpaired) electrons. The normalized spacial score (nSPS) is 12.9. The molecule has 0 spiro atoms. The highest BCUT2D eigenvalue weighted by molar-refractivity contribution is 5.94. The number of carbonyl (C=O) groups excluding carboxylic acids is 2. The van der Waals surface area contributed by atoms with Crippen molar-refractivity contribution in [1.82, 2.24) is 10.2 Å². The zero-order valence-electron chi connectivity index (χ0n) is 18.5. The molecule has 1 heterocycles. The van der Waals surface area contributed by atoms with Gasteiger partial charge in [-0.15, -0.1) is 0 Å². The summed E-state index contributed by atoms with van der Waals surface area (Å²) in [7, 11) is 1.58. The summed E-state index contributed by atoms with van der Waals surface area (Å²) in [6.07, 6.45) is 0. The molecule has 3 aromatic carbocycles. The number of ether oxygens (including phenoxy) is 3. The number of nitrogens with zero attached hydrogens (tertiary/aromatic N) is 1. The van der Waals surface area contributed by atoms with Crippen molar-refractivity contribution < 1.29 is 23.8 Å². The number of benzene rings is 3. The zero-order chi connectivity index (χ0) is 23.0. The minimum Gasteiger partial charge on any atom is -0.493 e. The van der Waals surface area contributed by atoms with Gasteiger partial charge in [0.15, 0.2) is 18.1 Å². The van der Waals surface area contributed by atoms with Crippen molar-refractivity contribution in [2.75, 3.05) is 26.9 Å². The average molecular weight is 447 g/mol. The first-order chi connectivity index (χ1) is 16.1. The molecule has 7 nitrogen and oxygen atoms in total. The van der Waals surface area contributed by atoms with Gasteiger partial charge in [-0.25, -0.2) is 0 Å². The number of amides is 2. The average Bonchev–Trinajstić information content (AvgIpc) is 3.00. The Labute approximate surface area is 192 Å². The van der Waals surface area contributed by atoms with Crippen LogP contribution in [0.3, 0.4) is 0 Å². The fourth-order valence-electron chi connectivity index (χ4n) is 3.62. The predicted molar refractivity (Wildman–Crippen MR) is 123 cm³/mol. The van der Waals surface area contributed by atoms with E-state index in [0.717, 1.165) is 11.1 Å². The van der Waals surface area contributed by atoms with Crippen molar-refractivity contribution in [2.45, 2.75) is 13.1 Å². The molecule has 2 amide bonds. The second-order valence-corrected chi connectivity index (χ2v) is 7.60. The van der Waals surface area contributed by atoms with Crippen molar-refractivity contribution in [3.8, 4) is 17.2 Å². The number of nitrogens with one attached hydrogen (secondary N) is 1. The van der Waals surface area contributed by atoms with Gasteiger partial charge in [0.25, 0.3) is 11.8 Å². The third-order valence-electron chi connectivity index (χ3n) is 5.32. The van der Waals surface area contributed by atoms with Crippen LogP contribution in [0.1, 0.15) is 21.5 Å². The number of rotatable bonds is 8. The first-order valence-corrected chi connectivity index (χ1v) is 10.8. The summed E-state index contributed by atoms with van der Waals surface area (Å²) in [5, 5.41) is 2.86. The molecule has 0 fully saturated rings. The molecule has 3 aromatic rings. The highest BCUT2D eigenvalue weighted by Crippen LogP contribution is 2.26. The van der Waals surface area contributed by atoms with Gasteiger partial charge in [-0.3, -0.25) is 9.59 Å². The van der Waals surface area contributed by atoms with Crippen LogP contribution in [0.25, 0.3) is 0 Å². The van der Waals surface area contributed by atoms with Gasteiger partial charge in [0.05, 0.1) is 13.7 Å². The summed E-state index contributed by atoms with van der Waals surface area (Å²) in [5.41, 5.74) is 2.34. The second-order valence-electron chi connectivity index (χ2n) is 7.60. The van der Waals surface area contributed by atoms with Crippen molar-refractivity contribution in [3.63, 3.8) is 0 Å². The minimum atomic E-state index is -0.216. The monoisotopic (exact) mass is 446 g/mol. The summed E-state index contributed by atoms with van der Waals surface area (Å²) in [5.74, 6) is 1.58. The third-order valence-corrected chi connectivity index (χ3v) is 5.32. The van der Waals surface area contributed by atoms with Crippen LogP contribution in [-0.4, -0.2) is 43.6 Å². The Morgan fingerprint density at radius 2 is 1.79 bits per heavy atom. The Morgan fingerprint density at radius 3 is 2.58 bits per heavy atom. The summed E-state index contributed by atoms with van der Waals surface area (Å²) in [6.45, 7) is 1.48. The van der Waals surface area contributed by atoms with Gasteiger partial charge in [0, 0.05) is 24.2 Å². The van der Waals surface area contributed by atoms with Crippen LogP contribution in [0.4, 0.5) is 0 Å². The molecule has 0 aliphatic carbocycles. The maximum absolute atomic E-state index is 12.7. The summed E-state index contributed by atoms with van der Waals surface area (Å²) >= 11 is 0. The molecule has 4 rings (SSSR count). The number of hydrogen-bond acceptors (Lipinski definition) is 5. The fraction of sp³-hybridized carbons (Fsp3) is 0.231. The van der Waals surface area contributed by atoms with Gasteiger partial charge in [-0.2, -0.15) is 0 Å². The summed E-state index contributed by atoms with van der Waals surface area (Å²) < 4.78 is 16.6. The van der Waals surface area contributed by atoms with Gasteiger partial charge >= 0.3 is 0 Å². The summed E-state index contributed by atoms with van der Waals surface area (Å²) in [4.78, 5) is 27.0. The first kappa shape index (κ1) is 22.2. The predicted octanol–water partition coefficient (Wildman–Crippen LogP) is 3.43. The van der Waals surface area contributed by atoms with Crippen LogP contribution in [0.5, 0.6) is 17.2 Å². The van der Waals surface area contributed by atoms with E-state index in [9.17, 15) is 9.59 Å². The van der Waals surface area contributed by atoms with Crippen LogP contribution in [0.2, 0.25) is 0 Å². The largest absolute Gasteiger partial charge is 0.493 e. The Morgan fingerprint density at radius 1 is 1.03 bits per heavy atom. The Hall–Kier alpha value is -4.00. The number of para-hydroxylation sites is 2. The van der Waals surface area contributed by atoms with Crippen molar-refractivity contribution in [3.05, 3.63) is 89.5 Å². The molecule has 1 aliphatic heterocycles. The molecule has 0 aromatic heterocycles. The van der Waals surface area contributed by atoms with Crippen molar-refractivity contribution in [1.29, 1.82) is 0 Å². The van der Waals surface area contributed by atoms with E-state index in [4.69, 9.17) is 14.2 Å². The van der Waals surface area contributed by atoms with E-state index in [1.807, 2.05) is 54.6 Å². The number of methoxy groups -OCH3 is 1. The Bertz CT molecular complexity index is 1120. The molecule has 0 atom stereocenters. The molecular formula is C26H26N2O5. The van der Waals surface area contributed by atoms with Gasteiger partial charge in [0.1, 0.15) is 12.4 Å². The Kier molecular flexibility index (Phi) is 7.09. The zero-order valence-corrected chi connectivity index (χ0v) is 18.5. The van der Waals surface area contributed by atoms with E-state index in [1.165, 1.54) is 0 Å². The molecule has 33 heavy (non-hydrogen) atoms. The molecule has 7 heteroatoms. The van der Waals surface area contributed by atoms with E-state index < -0.39 is 0 Å². The molecule has 0 bridgehead atoms. The lowest BCUT2D eigenvalue weighted by Crippen LogP contribution is -2.32. The van der Waals surface area contributed by atoms with Crippen LogP contribution in [-0.2, 0) is 17.9 Å². The van der Waals surface area contributed by atoms with Crippen LogP contribution in [0.15, 0.2) is 72.8 Å². The van der Waals surface area contributed by atoms with Crippen LogP contribution in [0, 0.1) is 0 Å². The lowest BCUT2D eigenvalue weighted by atomic mass is 10.1. The van der Waals surface area contributed by atoms with Gasteiger partial charge < -0.3 is 24.4 Å². The number of fused-ring (bicyclic) bond motifs is 1. The third kappa shape index (κ3) is 5.63. The molecule has 1 N–H and O–H groups in total. The van der Waals surface area contributed by atoms with Gasteiger partial charge in [-0.05, 0) is 35.9 Å². The quantitative estimate of drug-likeness (QED) is 0.537. The molecule has 170 valence electrons. The second kappa shape index (κ2) is 10.5. The van der Waals surface area contributed by atoms with Crippen LogP contribution < -0.4 is 19.5 Å². The van der Waals surface area contributed by atoms with Gasteiger partial charge in [0.2, 0.25) is 0 Å². The van der Waals surface area contributed by atoms with E-state index in [1.54, 1.807) is 30.2 Å². The smallest absolute Gasteiger partial charge is 0.261 e. The lowest BCUT2D eigenvalue weighted by Gasteiger charge is -2.20. The maximum Gasteiger partial charge on any atom is 0.261 e. The van der Waals surface area contributed by atoms with Gasteiger partial charge in [-0.1, -0.05) is 42.5 Å². The topological polar surface area (TPSA) is 77.1 Å². The first-order valence-electron chi connectivity index (χ1n) is 10.8. The highest BCUT2D eigenvalue weighted by Gasteiger charge is 2.22. The maximum atomic E-state index is 12.7. The molecule has 0 saturated carbocycles. The standard InChI is InChI=1S/C26H26N2O5/c1-31-23-9-5-6-10-24(23)32-14-13-27-26(30)20-11-12-22-21(15-20)17-28(25(29)18-33-22)16-19-7-3-2-4-8-19/h2-12,15H,13-14,16-18H2,1H3,(H,27,30). The summed E-state index contributed by atoms with van der Waals surface area (Å²) in [6, 6.07) is 22.4. The van der Waals surface area contributed by atoms with Crippen LogP contribution >= 0.6 is 0 Å². The van der Waals surface area contributed by atoms with Crippen molar-refractivity contribution >= 4 is 11.8 Å². The lowest BCUT2D eigenvalue weighted by molar-refractivity contribution is -0.133. The number of hydrogen-bond donors (Lipinski definition) is 1. The van der Waals surface area contributed by atoms with E-state index in [0.29, 0.717) is 49.1 Å². The van der Waals surface area contributed by atoms with E-state index >= 15 is 0 Å². The van der Waals surface area contributed by atoms with E-state index in [-0.39, 0.29) is 18.4 Å².